The SMILES string of the molecule is O=C1CCC(N2Cc3ccc(CNC(=O)OCc4cccc(C(F)(F)F)c4)cc3C2=O)C(=O)N1. The molecule has 178 valence electrons. The van der Waals surface area contributed by atoms with Crippen molar-refractivity contribution in [3.8, 4) is 0 Å². The Bertz CT molecular complexity index is 1160. The van der Waals surface area contributed by atoms with E-state index < -0.39 is 29.8 Å². The standard InChI is InChI=1S/C23H20F3N3O5/c24-23(25,26)16-3-1-2-14(8-16)12-34-22(33)27-10-13-4-5-15-11-29(21(32)17(15)9-13)18-6-7-19(30)28-20(18)31/h1-5,8-9,18H,6-7,10-12H2,(H,27,33)(H,28,30,31). The Labute approximate surface area is 192 Å². The molecule has 4 amide bonds. The molecule has 4 rings (SSSR count). The highest BCUT2D eigenvalue weighted by atomic mass is 19.4. The van der Waals surface area contributed by atoms with E-state index in [1.54, 1.807) is 18.2 Å². The molecule has 1 fully saturated rings. The summed E-state index contributed by atoms with van der Waals surface area (Å²) in [7, 11) is 0. The molecule has 0 radical (unpaired) electrons. The van der Waals surface area contributed by atoms with Crippen LogP contribution in [0.25, 0.3) is 0 Å². The molecular formula is C23H20F3N3O5. The van der Waals surface area contributed by atoms with Crippen molar-refractivity contribution in [2.24, 2.45) is 0 Å². The highest BCUT2D eigenvalue weighted by Crippen LogP contribution is 2.30. The summed E-state index contributed by atoms with van der Waals surface area (Å²) in [6.45, 7) is -0.0626. The number of hydrogen-bond acceptors (Lipinski definition) is 5. The molecule has 0 saturated carbocycles. The van der Waals surface area contributed by atoms with Crippen molar-refractivity contribution < 1.29 is 37.1 Å². The Hall–Kier alpha value is -3.89. The topological polar surface area (TPSA) is 105 Å². The zero-order valence-electron chi connectivity index (χ0n) is 17.8. The molecule has 1 atom stereocenters. The van der Waals surface area contributed by atoms with Crippen LogP contribution in [0.15, 0.2) is 42.5 Å². The number of imide groups is 1. The number of hydrogen-bond donors (Lipinski definition) is 2. The van der Waals surface area contributed by atoms with Gasteiger partial charge in [0.05, 0.1) is 5.56 Å². The molecule has 2 aliphatic rings. The lowest BCUT2D eigenvalue weighted by Crippen LogP contribution is -2.52. The maximum Gasteiger partial charge on any atom is 0.416 e. The van der Waals surface area contributed by atoms with Crippen molar-refractivity contribution >= 4 is 23.8 Å². The molecule has 1 saturated heterocycles. The lowest BCUT2D eigenvalue weighted by Gasteiger charge is -2.29. The first kappa shape index (κ1) is 23.3. The largest absolute Gasteiger partial charge is 0.445 e. The van der Waals surface area contributed by atoms with Crippen LogP contribution in [0.5, 0.6) is 0 Å². The average molecular weight is 475 g/mol. The number of amides is 4. The van der Waals surface area contributed by atoms with Gasteiger partial charge in [-0.05, 0) is 41.3 Å². The van der Waals surface area contributed by atoms with Crippen molar-refractivity contribution in [3.05, 3.63) is 70.3 Å². The summed E-state index contributed by atoms with van der Waals surface area (Å²) in [6, 6.07) is 8.83. The third-order valence-corrected chi connectivity index (χ3v) is 5.65. The second-order valence-electron chi connectivity index (χ2n) is 8.02. The van der Waals surface area contributed by atoms with Gasteiger partial charge in [-0.15, -0.1) is 0 Å². The van der Waals surface area contributed by atoms with E-state index >= 15 is 0 Å². The number of carbonyl (C=O) groups excluding carboxylic acids is 4. The summed E-state index contributed by atoms with van der Waals surface area (Å²) in [5.74, 6) is -1.19. The molecule has 1 unspecified atom stereocenters. The second-order valence-corrected chi connectivity index (χ2v) is 8.02. The molecule has 0 bridgehead atoms. The molecule has 0 spiro atoms. The maximum absolute atomic E-state index is 12.8. The predicted molar refractivity (Wildman–Crippen MR) is 111 cm³/mol. The van der Waals surface area contributed by atoms with E-state index in [0.29, 0.717) is 11.1 Å². The number of ether oxygens (including phenoxy) is 1. The highest BCUT2D eigenvalue weighted by molar-refractivity contribution is 6.05. The zero-order valence-corrected chi connectivity index (χ0v) is 17.8. The van der Waals surface area contributed by atoms with Gasteiger partial charge in [-0.1, -0.05) is 24.3 Å². The Kier molecular flexibility index (Phi) is 6.27. The van der Waals surface area contributed by atoms with Crippen molar-refractivity contribution in [2.75, 3.05) is 0 Å². The smallest absolute Gasteiger partial charge is 0.416 e. The van der Waals surface area contributed by atoms with Crippen LogP contribution in [-0.4, -0.2) is 34.8 Å². The van der Waals surface area contributed by atoms with Crippen molar-refractivity contribution in [3.63, 3.8) is 0 Å². The fourth-order valence-corrected chi connectivity index (χ4v) is 3.92. The lowest BCUT2D eigenvalue weighted by molar-refractivity contribution is -0.138. The van der Waals surface area contributed by atoms with E-state index in [-0.39, 0.29) is 49.9 Å². The van der Waals surface area contributed by atoms with Gasteiger partial charge < -0.3 is 15.0 Å². The quantitative estimate of drug-likeness (QED) is 0.648. The van der Waals surface area contributed by atoms with Crippen LogP contribution in [-0.2, 0) is 40.2 Å². The summed E-state index contributed by atoms with van der Waals surface area (Å²) in [5.41, 5.74) is 1.10. The van der Waals surface area contributed by atoms with Crippen LogP contribution in [0.2, 0.25) is 0 Å². The molecule has 2 heterocycles. The maximum atomic E-state index is 12.8. The molecule has 11 heteroatoms. The Morgan fingerprint density at radius 1 is 1.12 bits per heavy atom. The van der Waals surface area contributed by atoms with Gasteiger partial charge in [0, 0.05) is 25.1 Å². The van der Waals surface area contributed by atoms with Crippen molar-refractivity contribution in [1.82, 2.24) is 15.5 Å². The van der Waals surface area contributed by atoms with E-state index in [2.05, 4.69) is 10.6 Å². The molecule has 34 heavy (non-hydrogen) atoms. The number of alkyl carbamates (subject to hydrolysis) is 1. The number of carbonyl (C=O) groups is 4. The number of alkyl halides is 3. The van der Waals surface area contributed by atoms with E-state index in [1.165, 1.54) is 17.0 Å². The fraction of sp³-hybridized carbons (Fsp3) is 0.304. The van der Waals surface area contributed by atoms with Gasteiger partial charge in [0.1, 0.15) is 12.6 Å². The summed E-state index contributed by atoms with van der Waals surface area (Å²) in [6.07, 6.45) is -4.89. The molecule has 2 aromatic rings. The number of piperidine rings is 1. The van der Waals surface area contributed by atoms with Gasteiger partial charge in [0.2, 0.25) is 11.8 Å². The molecule has 2 aliphatic heterocycles. The van der Waals surface area contributed by atoms with E-state index in [0.717, 1.165) is 17.7 Å². The van der Waals surface area contributed by atoms with Crippen LogP contribution in [0.3, 0.4) is 0 Å². The molecule has 0 aromatic heterocycles. The first-order valence-corrected chi connectivity index (χ1v) is 10.4. The van der Waals surface area contributed by atoms with Gasteiger partial charge in [-0.25, -0.2) is 4.79 Å². The molecular weight excluding hydrogens is 455 g/mol. The molecule has 8 nitrogen and oxygen atoms in total. The first-order chi connectivity index (χ1) is 16.1. The normalized spacial score (nSPS) is 17.9. The van der Waals surface area contributed by atoms with Crippen LogP contribution >= 0.6 is 0 Å². The Balaban J connectivity index is 1.32. The minimum absolute atomic E-state index is 0.0282. The van der Waals surface area contributed by atoms with E-state index in [4.69, 9.17) is 4.74 Å². The fourth-order valence-electron chi connectivity index (χ4n) is 3.92. The summed E-state index contributed by atoms with van der Waals surface area (Å²) >= 11 is 0. The number of rotatable bonds is 5. The molecule has 2 aromatic carbocycles. The number of nitrogens with zero attached hydrogens (tertiary/aromatic N) is 1. The summed E-state index contributed by atoms with van der Waals surface area (Å²) < 4.78 is 43.3. The highest BCUT2D eigenvalue weighted by Gasteiger charge is 2.39. The van der Waals surface area contributed by atoms with Crippen LogP contribution in [0.1, 0.15) is 45.5 Å². The number of nitrogens with one attached hydrogen (secondary N) is 2. The first-order valence-electron chi connectivity index (χ1n) is 10.4. The third-order valence-electron chi connectivity index (χ3n) is 5.65. The van der Waals surface area contributed by atoms with Crippen LogP contribution < -0.4 is 10.6 Å². The Morgan fingerprint density at radius 2 is 1.91 bits per heavy atom. The van der Waals surface area contributed by atoms with Gasteiger partial charge in [0.25, 0.3) is 5.91 Å². The lowest BCUT2D eigenvalue weighted by atomic mass is 10.0. The zero-order chi connectivity index (χ0) is 24.5. The van der Waals surface area contributed by atoms with Gasteiger partial charge in [-0.3, -0.25) is 19.7 Å². The van der Waals surface area contributed by atoms with Crippen molar-refractivity contribution in [2.45, 2.75) is 44.8 Å². The van der Waals surface area contributed by atoms with Gasteiger partial charge >= 0.3 is 12.3 Å². The monoisotopic (exact) mass is 475 g/mol. The second kappa shape index (κ2) is 9.16. The average Bonchev–Trinajstić information content (AvgIpc) is 3.11. The third kappa shape index (κ3) is 5.03. The number of fused-ring (bicyclic) bond motifs is 1. The molecule has 2 N–H and O–H groups in total. The molecule has 0 aliphatic carbocycles. The summed E-state index contributed by atoms with van der Waals surface area (Å²) in [4.78, 5) is 49.7. The van der Waals surface area contributed by atoms with Gasteiger partial charge in [0.15, 0.2) is 0 Å². The van der Waals surface area contributed by atoms with Crippen LogP contribution in [0, 0.1) is 0 Å². The minimum Gasteiger partial charge on any atom is -0.445 e. The number of halogens is 3. The van der Waals surface area contributed by atoms with Gasteiger partial charge in [-0.2, -0.15) is 13.2 Å². The number of benzene rings is 2. The van der Waals surface area contributed by atoms with Crippen molar-refractivity contribution in [1.29, 1.82) is 0 Å². The van der Waals surface area contributed by atoms with Crippen LogP contribution in [0.4, 0.5) is 18.0 Å². The summed E-state index contributed by atoms with van der Waals surface area (Å²) in [5, 5.41) is 4.74. The van der Waals surface area contributed by atoms with E-state index in [1.807, 2.05) is 0 Å². The van der Waals surface area contributed by atoms with E-state index in [9.17, 15) is 32.3 Å². The Morgan fingerprint density at radius 3 is 2.65 bits per heavy atom. The predicted octanol–water partition coefficient (Wildman–Crippen LogP) is 2.89. The minimum atomic E-state index is -4.49.